The fourth-order valence-electron chi connectivity index (χ4n) is 2.47. The van der Waals surface area contributed by atoms with Crippen molar-refractivity contribution in [2.45, 2.75) is 32.4 Å². The first-order chi connectivity index (χ1) is 6.88. The zero-order valence-electron chi connectivity index (χ0n) is 9.17. The van der Waals surface area contributed by atoms with E-state index in [1.165, 1.54) is 38.9 Å². The zero-order valence-corrected chi connectivity index (χ0v) is 9.17. The average Bonchev–Trinajstić information content (AvgIpc) is 2.67. The van der Waals surface area contributed by atoms with Crippen molar-refractivity contribution in [2.75, 3.05) is 32.8 Å². The van der Waals surface area contributed by atoms with E-state index in [4.69, 9.17) is 4.74 Å². The summed E-state index contributed by atoms with van der Waals surface area (Å²) in [5.74, 6) is 0.852. The molecule has 0 saturated carbocycles. The van der Waals surface area contributed by atoms with Gasteiger partial charge in [-0.2, -0.15) is 0 Å². The average molecular weight is 198 g/mol. The van der Waals surface area contributed by atoms with Crippen LogP contribution in [0.1, 0.15) is 26.2 Å². The largest absolute Gasteiger partial charge is 0.363 e. The molecule has 2 aliphatic heterocycles. The topological polar surface area (TPSA) is 24.5 Å². The van der Waals surface area contributed by atoms with E-state index in [-0.39, 0.29) is 0 Å². The van der Waals surface area contributed by atoms with Crippen LogP contribution in [0.15, 0.2) is 0 Å². The summed E-state index contributed by atoms with van der Waals surface area (Å²) < 4.78 is 5.68. The smallest absolute Gasteiger partial charge is 0.108 e. The molecular formula is C11H22N2O. The van der Waals surface area contributed by atoms with Crippen LogP contribution < -0.4 is 5.32 Å². The predicted octanol–water partition coefficient (Wildman–Crippen LogP) is 1.05. The molecule has 0 aromatic heterocycles. The van der Waals surface area contributed by atoms with E-state index in [1.54, 1.807) is 0 Å². The highest BCUT2D eigenvalue weighted by Gasteiger charge is 2.25. The van der Waals surface area contributed by atoms with Crippen LogP contribution in [0.4, 0.5) is 0 Å². The number of rotatable bonds is 3. The lowest BCUT2D eigenvalue weighted by molar-refractivity contribution is -0.0124. The fourth-order valence-corrected chi connectivity index (χ4v) is 2.47. The highest BCUT2D eigenvalue weighted by molar-refractivity contribution is 4.77. The van der Waals surface area contributed by atoms with Gasteiger partial charge in [0, 0.05) is 13.2 Å². The predicted molar refractivity (Wildman–Crippen MR) is 57.2 cm³/mol. The molecule has 2 rings (SSSR count). The van der Waals surface area contributed by atoms with Gasteiger partial charge in [-0.15, -0.1) is 0 Å². The van der Waals surface area contributed by atoms with Gasteiger partial charge in [0.15, 0.2) is 0 Å². The van der Waals surface area contributed by atoms with E-state index in [0.717, 1.165) is 19.1 Å². The van der Waals surface area contributed by atoms with Crippen LogP contribution in [0.25, 0.3) is 0 Å². The molecule has 0 aromatic carbocycles. The van der Waals surface area contributed by atoms with Crippen LogP contribution in [0.2, 0.25) is 0 Å². The molecule has 2 aliphatic rings. The van der Waals surface area contributed by atoms with Crippen LogP contribution in [0.5, 0.6) is 0 Å². The summed E-state index contributed by atoms with van der Waals surface area (Å²) in [6.07, 6.45) is 4.07. The minimum Gasteiger partial charge on any atom is -0.363 e. The molecule has 2 atom stereocenters. The van der Waals surface area contributed by atoms with Gasteiger partial charge >= 0.3 is 0 Å². The van der Waals surface area contributed by atoms with Gasteiger partial charge in [-0.25, -0.2) is 0 Å². The molecule has 0 aliphatic carbocycles. The van der Waals surface area contributed by atoms with Crippen LogP contribution in [0, 0.1) is 5.92 Å². The van der Waals surface area contributed by atoms with E-state index in [0.29, 0.717) is 6.23 Å². The van der Waals surface area contributed by atoms with Crippen molar-refractivity contribution in [3.05, 3.63) is 0 Å². The summed E-state index contributed by atoms with van der Waals surface area (Å²) in [6, 6.07) is 0. The van der Waals surface area contributed by atoms with Crippen LogP contribution >= 0.6 is 0 Å². The molecular weight excluding hydrogens is 176 g/mol. The minimum absolute atomic E-state index is 0.338. The summed E-state index contributed by atoms with van der Waals surface area (Å²) >= 11 is 0. The van der Waals surface area contributed by atoms with Crippen molar-refractivity contribution < 1.29 is 4.74 Å². The second-order valence-corrected chi connectivity index (χ2v) is 4.45. The molecule has 2 saturated heterocycles. The van der Waals surface area contributed by atoms with Gasteiger partial charge < -0.3 is 9.64 Å². The summed E-state index contributed by atoms with van der Waals surface area (Å²) in [4.78, 5) is 2.54. The third kappa shape index (κ3) is 2.69. The summed E-state index contributed by atoms with van der Waals surface area (Å²) in [6.45, 7) is 8.09. The Morgan fingerprint density at radius 3 is 3.07 bits per heavy atom. The number of nitrogens with one attached hydrogen (secondary N) is 1. The lowest BCUT2D eigenvalue weighted by Gasteiger charge is -2.26. The van der Waals surface area contributed by atoms with E-state index < -0.39 is 0 Å². The van der Waals surface area contributed by atoms with Gasteiger partial charge in [0.25, 0.3) is 0 Å². The lowest BCUT2D eigenvalue weighted by atomic mass is 10.0. The van der Waals surface area contributed by atoms with E-state index in [2.05, 4.69) is 17.1 Å². The van der Waals surface area contributed by atoms with E-state index in [9.17, 15) is 0 Å². The highest BCUT2D eigenvalue weighted by Crippen LogP contribution is 2.21. The van der Waals surface area contributed by atoms with Crippen LogP contribution in [0.3, 0.4) is 0 Å². The molecule has 0 bridgehead atoms. The lowest BCUT2D eigenvalue weighted by Crippen LogP contribution is -2.39. The fraction of sp³-hybridized carbons (Fsp3) is 1.00. The maximum absolute atomic E-state index is 5.68. The van der Waals surface area contributed by atoms with Gasteiger partial charge in [0.1, 0.15) is 6.23 Å². The van der Waals surface area contributed by atoms with E-state index in [1.807, 2.05) is 0 Å². The quantitative estimate of drug-likeness (QED) is 0.733. The molecule has 1 N–H and O–H groups in total. The monoisotopic (exact) mass is 198 g/mol. The standard InChI is InChI=1S/C11H22N2O/c1-2-13-6-4-10(9-13)8-11-12-5-3-7-14-11/h10-12H,2-9H2,1H3. The van der Waals surface area contributed by atoms with Gasteiger partial charge in [0.05, 0.1) is 0 Å². The zero-order chi connectivity index (χ0) is 9.80. The van der Waals surface area contributed by atoms with Crippen molar-refractivity contribution in [2.24, 2.45) is 5.92 Å². The van der Waals surface area contributed by atoms with Gasteiger partial charge in [-0.3, -0.25) is 5.32 Å². The van der Waals surface area contributed by atoms with Crippen LogP contribution in [-0.4, -0.2) is 43.9 Å². The van der Waals surface area contributed by atoms with Crippen molar-refractivity contribution in [3.63, 3.8) is 0 Å². The summed E-state index contributed by atoms with van der Waals surface area (Å²) in [7, 11) is 0. The minimum atomic E-state index is 0.338. The van der Waals surface area contributed by atoms with Gasteiger partial charge in [-0.05, 0) is 44.8 Å². The maximum atomic E-state index is 5.68. The Hall–Kier alpha value is -0.120. The van der Waals surface area contributed by atoms with E-state index >= 15 is 0 Å². The van der Waals surface area contributed by atoms with Crippen molar-refractivity contribution in [3.8, 4) is 0 Å². The first kappa shape index (κ1) is 10.4. The Bertz CT molecular complexity index is 169. The Kier molecular flexibility index (Phi) is 3.79. The number of hydrogen-bond acceptors (Lipinski definition) is 3. The molecule has 3 nitrogen and oxygen atoms in total. The SMILES string of the molecule is CCN1CCC(CC2NCCCO2)C1. The molecule has 3 heteroatoms. The molecule has 0 amide bonds. The third-order valence-electron chi connectivity index (χ3n) is 3.38. The van der Waals surface area contributed by atoms with Crippen molar-refractivity contribution in [1.82, 2.24) is 10.2 Å². The van der Waals surface area contributed by atoms with Crippen molar-refractivity contribution >= 4 is 0 Å². The summed E-state index contributed by atoms with van der Waals surface area (Å²) in [5, 5.41) is 3.44. The molecule has 2 heterocycles. The second kappa shape index (κ2) is 5.10. The molecule has 0 radical (unpaired) electrons. The highest BCUT2D eigenvalue weighted by atomic mass is 16.5. The Morgan fingerprint density at radius 1 is 1.50 bits per heavy atom. The summed E-state index contributed by atoms with van der Waals surface area (Å²) in [5.41, 5.74) is 0. The molecule has 82 valence electrons. The Balaban J connectivity index is 1.69. The Labute approximate surface area is 86.8 Å². The molecule has 2 fully saturated rings. The number of nitrogens with zero attached hydrogens (tertiary/aromatic N) is 1. The number of hydrogen-bond donors (Lipinski definition) is 1. The second-order valence-electron chi connectivity index (χ2n) is 4.45. The van der Waals surface area contributed by atoms with Crippen LogP contribution in [-0.2, 0) is 4.74 Å². The first-order valence-corrected chi connectivity index (χ1v) is 5.96. The first-order valence-electron chi connectivity index (χ1n) is 5.96. The molecule has 0 aromatic rings. The third-order valence-corrected chi connectivity index (χ3v) is 3.38. The number of ether oxygens (including phenoxy) is 1. The number of likely N-dealkylation sites (tertiary alicyclic amines) is 1. The van der Waals surface area contributed by atoms with Gasteiger partial charge in [-0.1, -0.05) is 6.92 Å². The molecule has 0 spiro atoms. The molecule has 2 unspecified atom stereocenters. The van der Waals surface area contributed by atoms with Crippen molar-refractivity contribution in [1.29, 1.82) is 0 Å². The normalized spacial score (nSPS) is 34.9. The Morgan fingerprint density at radius 2 is 2.43 bits per heavy atom. The maximum Gasteiger partial charge on any atom is 0.108 e. The molecule has 14 heavy (non-hydrogen) atoms. The van der Waals surface area contributed by atoms with Gasteiger partial charge in [0.2, 0.25) is 0 Å².